The Hall–Kier alpha value is -1.75. The number of hydrogen-bond donors (Lipinski definition) is 2. The van der Waals surface area contributed by atoms with E-state index in [1.807, 2.05) is 0 Å². The Morgan fingerprint density at radius 3 is 2.26 bits per heavy atom. The van der Waals surface area contributed by atoms with E-state index in [-0.39, 0.29) is 23.7 Å². The molecular formula is C19H23FNO7PS2. The Balaban J connectivity index is 2.81. The summed E-state index contributed by atoms with van der Waals surface area (Å²) in [7, 11) is -8.80. The van der Waals surface area contributed by atoms with E-state index in [1.165, 1.54) is 50.2 Å². The number of carboxylic acid groups (broad SMARTS) is 1. The van der Waals surface area contributed by atoms with Crippen molar-refractivity contribution in [1.82, 2.24) is 4.72 Å². The first-order valence-corrected chi connectivity index (χ1v) is 13.2. The standard InChI is InChI=1S/C19H23FNO7PS2/c1-3-27-29(24,28-4-2)19(30-14-18(22)23,15-9-8-10-16(20)13-15)21-31(25,26)17-11-6-5-7-12-17/h5-13,21H,3-4,14H2,1-2H3,(H,22,23). The van der Waals surface area contributed by atoms with E-state index in [9.17, 15) is 27.3 Å². The molecular weight excluding hydrogens is 468 g/mol. The fourth-order valence-electron chi connectivity index (χ4n) is 2.73. The quantitative estimate of drug-likeness (QED) is 0.338. The molecule has 2 aromatic rings. The minimum atomic E-state index is -4.43. The third kappa shape index (κ3) is 5.94. The van der Waals surface area contributed by atoms with Gasteiger partial charge in [-0.05, 0) is 43.7 Å². The maximum absolute atomic E-state index is 14.1. The van der Waals surface area contributed by atoms with Crippen molar-refractivity contribution >= 4 is 35.4 Å². The van der Waals surface area contributed by atoms with Crippen LogP contribution >= 0.6 is 19.4 Å². The normalized spacial score (nSPS) is 14.2. The first kappa shape index (κ1) is 25.5. The lowest BCUT2D eigenvalue weighted by atomic mass is 10.2. The van der Waals surface area contributed by atoms with Gasteiger partial charge in [-0.25, -0.2) is 12.8 Å². The molecule has 0 radical (unpaired) electrons. The van der Waals surface area contributed by atoms with Gasteiger partial charge in [-0.15, -0.1) is 11.8 Å². The minimum Gasteiger partial charge on any atom is -0.481 e. The Bertz CT molecular complexity index is 1040. The number of sulfonamides is 1. The van der Waals surface area contributed by atoms with Crippen LogP contribution in [0.5, 0.6) is 0 Å². The smallest absolute Gasteiger partial charge is 0.366 e. The molecule has 0 spiro atoms. The molecule has 12 heteroatoms. The number of aliphatic carboxylic acids is 1. The summed E-state index contributed by atoms with van der Waals surface area (Å²) in [6.07, 6.45) is 0. The largest absolute Gasteiger partial charge is 0.481 e. The fraction of sp³-hybridized carbons (Fsp3) is 0.316. The van der Waals surface area contributed by atoms with Gasteiger partial charge in [0.2, 0.25) is 14.6 Å². The average molecular weight is 491 g/mol. The predicted molar refractivity (Wildman–Crippen MR) is 116 cm³/mol. The van der Waals surface area contributed by atoms with Gasteiger partial charge in [0.05, 0.1) is 23.9 Å². The summed E-state index contributed by atoms with van der Waals surface area (Å²) in [6, 6.07) is 11.9. The Morgan fingerprint density at radius 2 is 1.74 bits per heavy atom. The van der Waals surface area contributed by atoms with E-state index in [0.717, 1.165) is 12.1 Å². The fourth-order valence-corrected chi connectivity index (χ4v) is 8.56. The second-order valence-corrected chi connectivity index (χ2v) is 11.4. The van der Waals surface area contributed by atoms with Crippen LogP contribution in [0, 0.1) is 5.82 Å². The molecule has 2 aromatic carbocycles. The number of halogens is 1. The third-order valence-corrected chi connectivity index (χ3v) is 10.2. The lowest BCUT2D eigenvalue weighted by Crippen LogP contribution is -2.45. The van der Waals surface area contributed by atoms with Gasteiger partial charge in [-0.2, -0.15) is 4.72 Å². The second kappa shape index (κ2) is 10.7. The third-order valence-electron chi connectivity index (χ3n) is 3.93. The molecule has 1 unspecified atom stereocenters. The Labute approximate surface area is 184 Å². The summed E-state index contributed by atoms with van der Waals surface area (Å²) in [5.74, 6) is -2.71. The molecule has 0 aliphatic carbocycles. The summed E-state index contributed by atoms with van der Waals surface area (Å²) in [5.41, 5.74) is -0.108. The molecule has 8 nitrogen and oxygen atoms in total. The number of rotatable bonds is 12. The van der Waals surface area contributed by atoms with Crippen LogP contribution in [0.3, 0.4) is 0 Å². The molecule has 2 rings (SSSR count). The lowest BCUT2D eigenvalue weighted by molar-refractivity contribution is -0.133. The number of benzene rings is 2. The molecule has 0 bridgehead atoms. The van der Waals surface area contributed by atoms with Gasteiger partial charge in [-0.3, -0.25) is 9.36 Å². The molecule has 0 aliphatic rings. The highest BCUT2D eigenvalue weighted by molar-refractivity contribution is 8.07. The van der Waals surface area contributed by atoms with E-state index >= 15 is 0 Å². The van der Waals surface area contributed by atoms with Gasteiger partial charge in [0.1, 0.15) is 5.82 Å². The average Bonchev–Trinajstić information content (AvgIpc) is 2.72. The number of nitrogens with one attached hydrogen (secondary N) is 1. The summed E-state index contributed by atoms with van der Waals surface area (Å²) >= 11 is 0.478. The SMILES string of the molecule is CCOP(=O)(OCC)C(NS(=O)(=O)c1ccccc1)(SCC(=O)O)c1cccc(F)c1. The predicted octanol–water partition coefficient (Wildman–Crippen LogP) is 4.00. The molecule has 0 aromatic heterocycles. The van der Waals surface area contributed by atoms with Crippen LogP contribution in [0.4, 0.5) is 4.39 Å². The molecule has 1 atom stereocenters. The Kier molecular flexibility index (Phi) is 8.82. The van der Waals surface area contributed by atoms with Crippen LogP contribution in [0.25, 0.3) is 0 Å². The summed E-state index contributed by atoms with van der Waals surface area (Å²) < 4.78 is 65.4. The van der Waals surface area contributed by atoms with Crippen molar-refractivity contribution in [1.29, 1.82) is 0 Å². The molecule has 0 saturated carbocycles. The molecule has 0 heterocycles. The molecule has 0 saturated heterocycles. The lowest BCUT2D eigenvalue weighted by Gasteiger charge is -2.38. The second-order valence-electron chi connectivity index (χ2n) is 6.09. The minimum absolute atomic E-state index is 0.108. The van der Waals surface area contributed by atoms with Crippen LogP contribution in [0.2, 0.25) is 0 Å². The van der Waals surface area contributed by atoms with Crippen molar-refractivity contribution in [3.8, 4) is 0 Å². The highest BCUT2D eigenvalue weighted by Crippen LogP contribution is 2.68. The van der Waals surface area contributed by atoms with Crippen LogP contribution in [0.1, 0.15) is 19.4 Å². The number of thioether (sulfide) groups is 1. The van der Waals surface area contributed by atoms with Crippen molar-refractivity contribution in [3.05, 3.63) is 66.0 Å². The van der Waals surface area contributed by atoms with Crippen molar-refractivity contribution in [2.24, 2.45) is 0 Å². The molecule has 31 heavy (non-hydrogen) atoms. The number of carbonyl (C=O) groups is 1. The highest BCUT2D eigenvalue weighted by Gasteiger charge is 2.56. The van der Waals surface area contributed by atoms with Crippen molar-refractivity contribution in [2.45, 2.75) is 23.4 Å². The van der Waals surface area contributed by atoms with Crippen LogP contribution in [-0.4, -0.2) is 38.5 Å². The zero-order chi connectivity index (χ0) is 23.1. The van der Waals surface area contributed by atoms with E-state index in [4.69, 9.17) is 9.05 Å². The van der Waals surface area contributed by atoms with Crippen LogP contribution in [0.15, 0.2) is 59.5 Å². The number of hydrogen-bond acceptors (Lipinski definition) is 7. The monoisotopic (exact) mass is 491 g/mol. The molecule has 170 valence electrons. The van der Waals surface area contributed by atoms with E-state index in [2.05, 4.69) is 4.72 Å². The number of carboxylic acids is 1. The zero-order valence-electron chi connectivity index (χ0n) is 16.9. The summed E-state index contributed by atoms with van der Waals surface area (Å²) in [5, 5.41) is 9.28. The molecule has 0 fully saturated rings. The first-order valence-electron chi connectivity index (χ1n) is 9.20. The molecule has 0 aliphatic heterocycles. The van der Waals surface area contributed by atoms with Crippen molar-refractivity contribution in [2.75, 3.05) is 19.0 Å². The van der Waals surface area contributed by atoms with Crippen molar-refractivity contribution in [3.63, 3.8) is 0 Å². The molecule has 0 amide bonds. The van der Waals surface area contributed by atoms with Crippen molar-refractivity contribution < 1.29 is 36.3 Å². The Morgan fingerprint density at radius 1 is 1.13 bits per heavy atom. The van der Waals surface area contributed by atoms with E-state index in [0.29, 0.717) is 11.8 Å². The van der Waals surface area contributed by atoms with Gasteiger partial charge >= 0.3 is 13.6 Å². The van der Waals surface area contributed by atoms with Crippen LogP contribution in [-0.2, 0) is 33.0 Å². The maximum atomic E-state index is 14.1. The highest BCUT2D eigenvalue weighted by atomic mass is 32.2. The van der Waals surface area contributed by atoms with Gasteiger partial charge < -0.3 is 14.2 Å². The van der Waals surface area contributed by atoms with E-state index < -0.39 is 39.8 Å². The van der Waals surface area contributed by atoms with E-state index in [1.54, 1.807) is 6.07 Å². The van der Waals surface area contributed by atoms with Gasteiger partial charge in [0, 0.05) is 0 Å². The topological polar surface area (TPSA) is 119 Å². The van der Waals surface area contributed by atoms with Gasteiger partial charge in [0.25, 0.3) is 0 Å². The zero-order valence-corrected chi connectivity index (χ0v) is 19.4. The maximum Gasteiger partial charge on any atom is 0.366 e. The first-order chi connectivity index (χ1) is 14.6. The molecule has 2 N–H and O–H groups in total. The summed E-state index contributed by atoms with van der Waals surface area (Å²) in [4.78, 5) is 11.2. The van der Waals surface area contributed by atoms with Crippen LogP contribution < -0.4 is 4.72 Å². The van der Waals surface area contributed by atoms with Gasteiger partial charge in [-0.1, -0.05) is 30.3 Å². The summed E-state index contributed by atoms with van der Waals surface area (Å²) in [6.45, 7) is 2.79. The van der Waals surface area contributed by atoms with Gasteiger partial charge in [0.15, 0.2) is 0 Å².